The number of aromatic nitrogens is 1. The van der Waals surface area contributed by atoms with Gasteiger partial charge in [-0.15, -0.1) is 0 Å². The summed E-state index contributed by atoms with van der Waals surface area (Å²) in [4.78, 5) is 3.78. The van der Waals surface area contributed by atoms with Crippen LogP contribution in [-0.4, -0.2) is 62.7 Å². The van der Waals surface area contributed by atoms with Crippen molar-refractivity contribution in [3.05, 3.63) is 21.3 Å². The standard InChI is InChI=1S/C11H12Cl3NO6/c12-3-1-4(13)10(15-9(3)14)21-11-8(19)7(18)6(17)5(2-16)20-11/h1,5-8,11,16-19H,2H2/t5-,6-,7+,8-,11?/m1/s1. The fourth-order valence-corrected chi connectivity index (χ4v) is 2.32. The van der Waals surface area contributed by atoms with Crippen LogP contribution in [0.25, 0.3) is 0 Å². The molecule has 0 bridgehead atoms. The van der Waals surface area contributed by atoms with Crippen LogP contribution in [0.3, 0.4) is 0 Å². The van der Waals surface area contributed by atoms with Crippen molar-refractivity contribution in [3.8, 4) is 5.88 Å². The number of pyridine rings is 1. The number of ether oxygens (including phenoxy) is 2. The summed E-state index contributed by atoms with van der Waals surface area (Å²) in [5, 5.41) is 38.2. The zero-order chi connectivity index (χ0) is 15.7. The molecule has 4 N–H and O–H groups in total. The minimum absolute atomic E-state index is 0.0151. The molecule has 1 fully saturated rings. The molecule has 10 heteroatoms. The number of aliphatic hydroxyl groups excluding tert-OH is 4. The summed E-state index contributed by atoms with van der Waals surface area (Å²) in [6, 6.07) is 1.29. The van der Waals surface area contributed by atoms with Gasteiger partial charge >= 0.3 is 0 Å². The molecule has 1 saturated heterocycles. The third-order valence-corrected chi connectivity index (χ3v) is 3.87. The second-order valence-corrected chi connectivity index (χ2v) is 5.54. The van der Waals surface area contributed by atoms with Crippen LogP contribution in [0.4, 0.5) is 0 Å². The number of rotatable bonds is 3. The maximum absolute atomic E-state index is 9.83. The SMILES string of the molecule is OC[C@H]1OC(Oc2nc(Cl)c(Cl)cc2Cl)[C@H](O)[C@@H](O)[C@@H]1O. The van der Waals surface area contributed by atoms with E-state index in [2.05, 4.69) is 4.98 Å². The summed E-state index contributed by atoms with van der Waals surface area (Å²) in [6.07, 6.45) is -7.13. The van der Waals surface area contributed by atoms with Crippen LogP contribution >= 0.6 is 34.8 Å². The van der Waals surface area contributed by atoms with Gasteiger partial charge in [-0.2, -0.15) is 4.98 Å². The van der Waals surface area contributed by atoms with Gasteiger partial charge in [0.25, 0.3) is 0 Å². The molecule has 2 heterocycles. The first-order chi connectivity index (χ1) is 9.85. The molecule has 5 atom stereocenters. The minimum atomic E-state index is -1.57. The maximum atomic E-state index is 9.83. The van der Waals surface area contributed by atoms with Gasteiger partial charge in [0.05, 0.1) is 11.6 Å². The van der Waals surface area contributed by atoms with Gasteiger partial charge in [0, 0.05) is 0 Å². The maximum Gasteiger partial charge on any atom is 0.236 e. The van der Waals surface area contributed by atoms with Gasteiger partial charge in [0.2, 0.25) is 12.2 Å². The van der Waals surface area contributed by atoms with Crippen molar-refractivity contribution in [2.24, 2.45) is 0 Å². The zero-order valence-corrected chi connectivity index (χ0v) is 12.6. The van der Waals surface area contributed by atoms with Gasteiger partial charge < -0.3 is 29.9 Å². The first-order valence-electron chi connectivity index (χ1n) is 5.84. The average Bonchev–Trinajstić information content (AvgIpc) is 2.45. The Balaban J connectivity index is 2.20. The Hall–Kier alpha value is -0.380. The van der Waals surface area contributed by atoms with E-state index in [0.717, 1.165) is 0 Å². The number of hydrogen-bond acceptors (Lipinski definition) is 7. The molecule has 0 amide bonds. The van der Waals surface area contributed by atoms with Crippen molar-refractivity contribution in [2.75, 3.05) is 6.61 Å². The van der Waals surface area contributed by atoms with Crippen LogP contribution in [0, 0.1) is 0 Å². The second-order valence-electron chi connectivity index (χ2n) is 4.36. The minimum Gasteiger partial charge on any atom is -0.444 e. The highest BCUT2D eigenvalue weighted by molar-refractivity contribution is 6.42. The molecule has 0 aromatic carbocycles. The number of nitrogens with zero attached hydrogens (tertiary/aromatic N) is 1. The van der Waals surface area contributed by atoms with Gasteiger partial charge in [0.1, 0.15) is 29.4 Å². The van der Waals surface area contributed by atoms with E-state index < -0.39 is 37.3 Å². The van der Waals surface area contributed by atoms with Crippen LogP contribution in [0.2, 0.25) is 15.2 Å². The monoisotopic (exact) mass is 359 g/mol. The molecule has 2 rings (SSSR count). The van der Waals surface area contributed by atoms with E-state index in [1.54, 1.807) is 0 Å². The van der Waals surface area contributed by atoms with E-state index in [4.69, 9.17) is 49.4 Å². The van der Waals surface area contributed by atoms with Crippen molar-refractivity contribution >= 4 is 34.8 Å². The lowest BCUT2D eigenvalue weighted by atomic mass is 9.99. The highest BCUT2D eigenvalue weighted by atomic mass is 35.5. The lowest BCUT2D eigenvalue weighted by Gasteiger charge is -2.39. The highest BCUT2D eigenvalue weighted by Crippen LogP contribution is 2.32. The van der Waals surface area contributed by atoms with Crippen molar-refractivity contribution in [1.82, 2.24) is 4.98 Å². The number of aliphatic hydroxyl groups is 4. The average molecular weight is 361 g/mol. The predicted molar refractivity (Wildman–Crippen MR) is 73.7 cm³/mol. The largest absolute Gasteiger partial charge is 0.444 e. The van der Waals surface area contributed by atoms with Crippen molar-refractivity contribution in [2.45, 2.75) is 30.7 Å². The number of hydrogen-bond donors (Lipinski definition) is 4. The van der Waals surface area contributed by atoms with Crippen LogP contribution in [0.1, 0.15) is 0 Å². The Morgan fingerprint density at radius 3 is 2.38 bits per heavy atom. The smallest absolute Gasteiger partial charge is 0.236 e. The van der Waals surface area contributed by atoms with Gasteiger partial charge in [0.15, 0.2) is 5.15 Å². The van der Waals surface area contributed by atoms with Crippen LogP contribution in [-0.2, 0) is 4.74 Å². The Morgan fingerprint density at radius 1 is 1.10 bits per heavy atom. The van der Waals surface area contributed by atoms with Crippen molar-refractivity contribution in [1.29, 1.82) is 0 Å². The van der Waals surface area contributed by atoms with E-state index in [9.17, 15) is 15.3 Å². The fraction of sp³-hybridized carbons (Fsp3) is 0.545. The van der Waals surface area contributed by atoms with E-state index in [-0.39, 0.29) is 21.1 Å². The molecule has 1 aromatic heterocycles. The number of halogens is 3. The van der Waals surface area contributed by atoms with E-state index >= 15 is 0 Å². The molecule has 0 radical (unpaired) electrons. The summed E-state index contributed by atoms with van der Waals surface area (Å²) >= 11 is 17.3. The highest BCUT2D eigenvalue weighted by Gasteiger charge is 2.45. The second kappa shape index (κ2) is 6.80. The molecule has 1 aromatic rings. The molecule has 1 aliphatic rings. The van der Waals surface area contributed by atoms with Gasteiger partial charge in [-0.05, 0) is 6.07 Å². The first-order valence-corrected chi connectivity index (χ1v) is 6.97. The van der Waals surface area contributed by atoms with E-state index in [1.807, 2.05) is 0 Å². The summed E-state index contributed by atoms with van der Waals surface area (Å²) in [7, 11) is 0. The van der Waals surface area contributed by atoms with Crippen LogP contribution in [0.15, 0.2) is 6.07 Å². The van der Waals surface area contributed by atoms with Gasteiger partial charge in [-0.3, -0.25) is 0 Å². The normalized spacial score (nSPS) is 33.0. The van der Waals surface area contributed by atoms with Crippen LogP contribution < -0.4 is 4.74 Å². The molecular formula is C11H12Cl3NO6. The molecule has 0 saturated carbocycles. The summed E-state index contributed by atoms with van der Waals surface area (Å²) < 4.78 is 10.4. The molecular weight excluding hydrogens is 348 g/mol. The quantitative estimate of drug-likeness (QED) is 0.570. The third-order valence-electron chi connectivity index (χ3n) is 2.93. The Kier molecular flexibility index (Phi) is 5.50. The lowest BCUT2D eigenvalue weighted by Crippen LogP contribution is -2.60. The summed E-state index contributed by atoms with van der Waals surface area (Å²) in [6.45, 7) is -0.576. The first kappa shape index (κ1) is 17.0. The topological polar surface area (TPSA) is 112 Å². The molecule has 118 valence electrons. The molecule has 21 heavy (non-hydrogen) atoms. The lowest BCUT2D eigenvalue weighted by molar-refractivity contribution is -0.278. The van der Waals surface area contributed by atoms with Crippen molar-refractivity contribution in [3.63, 3.8) is 0 Å². The van der Waals surface area contributed by atoms with Crippen LogP contribution in [0.5, 0.6) is 5.88 Å². The summed E-state index contributed by atoms with van der Waals surface area (Å²) in [5.41, 5.74) is 0. The van der Waals surface area contributed by atoms with Gasteiger partial charge in [-0.25, -0.2) is 0 Å². The zero-order valence-electron chi connectivity index (χ0n) is 10.4. The molecule has 0 aliphatic carbocycles. The predicted octanol–water partition coefficient (Wildman–Crippen LogP) is 0.221. The Labute approximate surface area is 134 Å². The van der Waals surface area contributed by atoms with E-state index in [1.165, 1.54) is 6.07 Å². The molecule has 7 nitrogen and oxygen atoms in total. The molecule has 1 aliphatic heterocycles. The fourth-order valence-electron chi connectivity index (χ4n) is 1.79. The Morgan fingerprint density at radius 2 is 1.76 bits per heavy atom. The molecule has 1 unspecified atom stereocenters. The molecule has 0 spiro atoms. The third kappa shape index (κ3) is 3.52. The van der Waals surface area contributed by atoms with Gasteiger partial charge in [-0.1, -0.05) is 34.8 Å². The Bertz CT molecular complexity index is 517. The van der Waals surface area contributed by atoms with E-state index in [0.29, 0.717) is 0 Å². The summed E-state index contributed by atoms with van der Waals surface area (Å²) in [5.74, 6) is -0.171. The van der Waals surface area contributed by atoms with Crippen molar-refractivity contribution < 1.29 is 29.9 Å².